The van der Waals surface area contributed by atoms with Gasteiger partial charge >= 0.3 is 0 Å². The molecule has 0 aliphatic heterocycles. The number of carbonyl (C=O) groups is 1. The molecule has 1 amide bonds. The van der Waals surface area contributed by atoms with Gasteiger partial charge in [-0.3, -0.25) is 14.9 Å². The molecule has 0 unspecified atom stereocenters. The molecule has 2 aromatic rings. The van der Waals surface area contributed by atoms with Gasteiger partial charge in [-0.25, -0.2) is 8.78 Å². The second-order valence-electron chi connectivity index (χ2n) is 6.11. The van der Waals surface area contributed by atoms with Gasteiger partial charge in [-0.15, -0.1) is 0 Å². The second kappa shape index (κ2) is 6.58. The number of carbonyl (C=O) groups excluding carboxylic acids is 1. The molecule has 2 aromatic carbocycles. The third kappa shape index (κ3) is 3.50. The number of nitro groups is 1. The van der Waals surface area contributed by atoms with Crippen LogP contribution < -0.4 is 0 Å². The molecule has 1 saturated carbocycles. The first-order valence-electron chi connectivity index (χ1n) is 7.87. The zero-order valence-corrected chi connectivity index (χ0v) is 13.5. The highest BCUT2D eigenvalue weighted by Gasteiger charge is 2.34. The summed E-state index contributed by atoms with van der Waals surface area (Å²) in [4.78, 5) is 25.0. The topological polar surface area (TPSA) is 63.5 Å². The van der Waals surface area contributed by atoms with Crippen LogP contribution in [0.2, 0.25) is 0 Å². The van der Waals surface area contributed by atoms with E-state index in [1.165, 1.54) is 36.1 Å². The van der Waals surface area contributed by atoms with E-state index in [0.717, 1.165) is 25.0 Å². The molecule has 0 aromatic heterocycles. The minimum absolute atomic E-state index is 0.00224. The fraction of sp³-hybridized carbons (Fsp3) is 0.278. The highest BCUT2D eigenvalue weighted by molar-refractivity contribution is 5.97. The average Bonchev–Trinajstić information content (AvgIpc) is 3.38. The normalized spacial score (nSPS) is 13.6. The maximum absolute atomic E-state index is 13.9. The van der Waals surface area contributed by atoms with Crippen LogP contribution in [0.5, 0.6) is 0 Å². The third-order valence-corrected chi connectivity index (χ3v) is 4.34. The molecular formula is C18H16F2N2O3. The van der Waals surface area contributed by atoms with Crippen molar-refractivity contribution in [1.29, 1.82) is 0 Å². The first-order valence-corrected chi connectivity index (χ1v) is 7.87. The zero-order valence-electron chi connectivity index (χ0n) is 13.5. The second-order valence-corrected chi connectivity index (χ2v) is 6.11. The molecule has 0 bridgehead atoms. The van der Waals surface area contributed by atoms with E-state index in [-0.39, 0.29) is 40.9 Å². The molecule has 1 aliphatic rings. The summed E-state index contributed by atoms with van der Waals surface area (Å²) in [7, 11) is 0. The molecular weight excluding hydrogens is 330 g/mol. The molecule has 1 aliphatic carbocycles. The minimum Gasteiger partial charge on any atom is -0.331 e. The summed E-state index contributed by atoms with van der Waals surface area (Å²) in [5, 5.41) is 11.1. The van der Waals surface area contributed by atoms with Gasteiger partial charge in [-0.1, -0.05) is 12.1 Å². The lowest BCUT2D eigenvalue weighted by Gasteiger charge is -2.23. The summed E-state index contributed by atoms with van der Waals surface area (Å²) in [6, 6.07) is 7.54. The molecule has 1 fully saturated rings. The fourth-order valence-electron chi connectivity index (χ4n) is 2.79. The van der Waals surface area contributed by atoms with Crippen molar-refractivity contribution >= 4 is 11.6 Å². The Balaban J connectivity index is 1.92. The lowest BCUT2D eigenvalue weighted by molar-refractivity contribution is -0.385. The number of hydrogen-bond acceptors (Lipinski definition) is 3. The molecule has 130 valence electrons. The Morgan fingerprint density at radius 3 is 2.60 bits per heavy atom. The van der Waals surface area contributed by atoms with Crippen molar-refractivity contribution in [3.8, 4) is 0 Å². The predicted octanol–water partition coefficient (Wildman–Crippen LogP) is 3.99. The van der Waals surface area contributed by atoms with Crippen molar-refractivity contribution in [3.63, 3.8) is 0 Å². The highest BCUT2D eigenvalue weighted by atomic mass is 19.1. The monoisotopic (exact) mass is 346 g/mol. The smallest absolute Gasteiger partial charge is 0.273 e. The van der Waals surface area contributed by atoms with E-state index < -0.39 is 16.6 Å². The van der Waals surface area contributed by atoms with E-state index in [1.807, 2.05) is 0 Å². The Bertz CT molecular complexity index is 850. The van der Waals surface area contributed by atoms with E-state index in [0.29, 0.717) is 0 Å². The first kappa shape index (κ1) is 17.0. The van der Waals surface area contributed by atoms with Crippen molar-refractivity contribution in [2.45, 2.75) is 32.4 Å². The van der Waals surface area contributed by atoms with Gasteiger partial charge in [0.1, 0.15) is 11.6 Å². The Hall–Kier alpha value is -2.83. The predicted molar refractivity (Wildman–Crippen MR) is 87.1 cm³/mol. The molecule has 0 atom stereocenters. The van der Waals surface area contributed by atoms with Crippen LogP contribution in [0.1, 0.15) is 34.3 Å². The van der Waals surface area contributed by atoms with E-state index in [9.17, 15) is 23.7 Å². The van der Waals surface area contributed by atoms with Crippen LogP contribution in [0, 0.1) is 28.7 Å². The molecule has 0 radical (unpaired) electrons. The molecule has 0 saturated heterocycles. The van der Waals surface area contributed by atoms with Crippen molar-refractivity contribution in [3.05, 3.63) is 74.8 Å². The van der Waals surface area contributed by atoms with Crippen LogP contribution in [-0.4, -0.2) is 21.8 Å². The van der Waals surface area contributed by atoms with Crippen LogP contribution in [0.25, 0.3) is 0 Å². The van der Waals surface area contributed by atoms with Crippen molar-refractivity contribution in [2.24, 2.45) is 0 Å². The lowest BCUT2D eigenvalue weighted by Crippen LogP contribution is -2.33. The number of hydrogen-bond donors (Lipinski definition) is 0. The quantitative estimate of drug-likeness (QED) is 0.607. The summed E-state index contributed by atoms with van der Waals surface area (Å²) in [5.74, 6) is -1.78. The van der Waals surface area contributed by atoms with Gasteiger partial charge in [0.05, 0.1) is 4.92 Å². The molecule has 5 nitrogen and oxygen atoms in total. The van der Waals surface area contributed by atoms with Gasteiger partial charge in [0.2, 0.25) is 0 Å². The number of halogens is 2. The zero-order chi connectivity index (χ0) is 18.1. The lowest BCUT2D eigenvalue weighted by atomic mass is 10.0. The van der Waals surface area contributed by atoms with Gasteiger partial charge in [-0.05, 0) is 31.9 Å². The number of nitrogens with zero attached hydrogens (tertiary/aromatic N) is 2. The maximum atomic E-state index is 13.9. The molecule has 25 heavy (non-hydrogen) atoms. The van der Waals surface area contributed by atoms with Crippen LogP contribution in [0.15, 0.2) is 36.4 Å². The van der Waals surface area contributed by atoms with E-state index in [2.05, 4.69) is 0 Å². The summed E-state index contributed by atoms with van der Waals surface area (Å²) in [5.41, 5.74) is 0.589. The fourth-order valence-corrected chi connectivity index (χ4v) is 2.79. The van der Waals surface area contributed by atoms with E-state index >= 15 is 0 Å². The Kier molecular flexibility index (Phi) is 4.48. The van der Waals surface area contributed by atoms with Gasteiger partial charge in [-0.2, -0.15) is 0 Å². The van der Waals surface area contributed by atoms with Gasteiger partial charge < -0.3 is 4.90 Å². The SMILES string of the molecule is Cc1c(C(=O)N(Cc2ccc(F)cc2F)C2CC2)cccc1[N+](=O)[O-]. The van der Waals surface area contributed by atoms with Crippen LogP contribution in [0.4, 0.5) is 14.5 Å². The Morgan fingerprint density at radius 2 is 2.00 bits per heavy atom. The number of rotatable bonds is 5. The van der Waals surface area contributed by atoms with Crippen molar-refractivity contribution in [2.75, 3.05) is 0 Å². The summed E-state index contributed by atoms with van der Waals surface area (Å²) >= 11 is 0. The summed E-state index contributed by atoms with van der Waals surface area (Å²) in [6.07, 6.45) is 1.59. The largest absolute Gasteiger partial charge is 0.331 e. The maximum Gasteiger partial charge on any atom is 0.273 e. The van der Waals surface area contributed by atoms with Gasteiger partial charge in [0.15, 0.2) is 0 Å². The average molecular weight is 346 g/mol. The number of amides is 1. The molecule has 0 heterocycles. The van der Waals surface area contributed by atoms with Crippen LogP contribution in [-0.2, 0) is 6.54 Å². The van der Waals surface area contributed by atoms with Crippen LogP contribution in [0.3, 0.4) is 0 Å². The summed E-state index contributed by atoms with van der Waals surface area (Å²) in [6.45, 7) is 1.52. The molecule has 0 N–H and O–H groups in total. The van der Waals surface area contributed by atoms with Crippen molar-refractivity contribution in [1.82, 2.24) is 4.90 Å². The Labute approximate surface area is 143 Å². The van der Waals surface area contributed by atoms with E-state index in [1.54, 1.807) is 0 Å². The van der Waals surface area contributed by atoms with Crippen molar-refractivity contribution < 1.29 is 18.5 Å². The van der Waals surface area contributed by atoms with E-state index in [4.69, 9.17) is 0 Å². The van der Waals surface area contributed by atoms with Crippen LogP contribution >= 0.6 is 0 Å². The highest BCUT2D eigenvalue weighted by Crippen LogP contribution is 2.32. The van der Waals surface area contributed by atoms with Gasteiger partial charge in [0.25, 0.3) is 11.6 Å². The summed E-state index contributed by atoms with van der Waals surface area (Å²) < 4.78 is 27.0. The molecule has 3 rings (SSSR count). The third-order valence-electron chi connectivity index (χ3n) is 4.34. The number of benzene rings is 2. The molecule has 0 spiro atoms. The number of nitro benzene ring substituents is 1. The minimum atomic E-state index is -0.714. The Morgan fingerprint density at radius 1 is 1.28 bits per heavy atom. The first-order chi connectivity index (χ1) is 11.9. The molecule has 7 heteroatoms. The standard InChI is InChI=1S/C18H16F2N2O3/c1-11-15(3-2-4-17(11)22(24)25)18(23)21(14-7-8-14)10-12-5-6-13(19)9-16(12)20/h2-6,9,14H,7-8,10H2,1H3. The van der Waals surface area contributed by atoms with Gasteiger partial charge in [0, 0.05) is 41.4 Å².